The highest BCUT2D eigenvalue weighted by Gasteiger charge is 2.04. The van der Waals surface area contributed by atoms with Crippen LogP contribution in [0.25, 0.3) is 0 Å². The van der Waals surface area contributed by atoms with Crippen LogP contribution in [0, 0.1) is 0 Å². The fraction of sp³-hybridized carbons (Fsp3) is 0.667. The molecule has 0 saturated heterocycles. The van der Waals surface area contributed by atoms with E-state index in [2.05, 4.69) is 16.6 Å². The van der Waals surface area contributed by atoms with E-state index in [1.807, 2.05) is 0 Å². The maximum atomic E-state index is 10.8. The number of hydrogen-bond acceptors (Lipinski definition) is 4. The fourth-order valence-corrected chi connectivity index (χ4v) is 0.802. The lowest BCUT2D eigenvalue weighted by Gasteiger charge is -2.09. The zero-order valence-electron chi connectivity index (χ0n) is 8.36. The Bertz CT molecular complexity index is 172. The molecule has 0 aromatic heterocycles. The molecule has 0 aromatic carbocycles. The van der Waals surface area contributed by atoms with E-state index in [1.54, 1.807) is 0 Å². The molecule has 0 rings (SSSR count). The number of aliphatic hydroxyl groups is 1. The van der Waals surface area contributed by atoms with Crippen molar-refractivity contribution >= 4 is 6.09 Å². The number of alkyl carbamates (subject to hydrolysis) is 1. The van der Waals surface area contributed by atoms with Crippen LogP contribution in [0.15, 0.2) is 12.7 Å². The lowest BCUT2D eigenvalue weighted by molar-refractivity contribution is 0.0591. The summed E-state index contributed by atoms with van der Waals surface area (Å²) in [6.45, 7) is 4.22. The minimum atomic E-state index is -0.556. The second kappa shape index (κ2) is 8.52. The van der Waals surface area contributed by atoms with Crippen molar-refractivity contribution < 1.29 is 19.4 Å². The molecule has 2 N–H and O–H groups in total. The maximum absolute atomic E-state index is 10.8. The molecule has 1 amide bonds. The van der Waals surface area contributed by atoms with Crippen LogP contribution in [-0.4, -0.2) is 44.2 Å². The number of nitrogens with one attached hydrogen (secondary N) is 1. The van der Waals surface area contributed by atoms with Crippen molar-refractivity contribution in [3.05, 3.63) is 12.7 Å². The van der Waals surface area contributed by atoms with E-state index >= 15 is 0 Å². The molecule has 0 saturated carbocycles. The smallest absolute Gasteiger partial charge is 0.407 e. The average molecular weight is 203 g/mol. The predicted molar refractivity (Wildman–Crippen MR) is 52.0 cm³/mol. The molecule has 0 aliphatic carbocycles. The monoisotopic (exact) mass is 203 g/mol. The highest BCUT2D eigenvalue weighted by molar-refractivity contribution is 5.67. The Morgan fingerprint density at radius 3 is 3.00 bits per heavy atom. The Labute approximate surface area is 83.7 Å². The standard InChI is InChI=1S/C9H17NO4/c1-3-6-14-9(12)10-5-4-8(11)7-13-2/h3,8,11H,1,4-7H2,2H3,(H,10,12). The van der Waals surface area contributed by atoms with E-state index in [0.717, 1.165) is 0 Å². The topological polar surface area (TPSA) is 67.8 Å². The van der Waals surface area contributed by atoms with Gasteiger partial charge < -0.3 is 19.9 Å². The van der Waals surface area contributed by atoms with Gasteiger partial charge in [-0.2, -0.15) is 0 Å². The molecule has 0 aliphatic rings. The Morgan fingerprint density at radius 1 is 1.71 bits per heavy atom. The minimum Gasteiger partial charge on any atom is -0.445 e. The first-order valence-corrected chi connectivity index (χ1v) is 4.39. The number of aliphatic hydroxyl groups excluding tert-OH is 1. The van der Waals surface area contributed by atoms with Crippen LogP contribution in [0.5, 0.6) is 0 Å². The molecule has 0 spiro atoms. The van der Waals surface area contributed by atoms with Gasteiger partial charge in [-0.3, -0.25) is 0 Å². The molecule has 82 valence electrons. The zero-order valence-corrected chi connectivity index (χ0v) is 8.36. The van der Waals surface area contributed by atoms with Crippen molar-refractivity contribution in [1.82, 2.24) is 5.32 Å². The lowest BCUT2D eigenvalue weighted by Crippen LogP contribution is -2.29. The maximum Gasteiger partial charge on any atom is 0.407 e. The lowest BCUT2D eigenvalue weighted by atomic mass is 10.3. The van der Waals surface area contributed by atoms with Crippen LogP contribution < -0.4 is 5.32 Å². The molecule has 5 heteroatoms. The molecule has 0 bridgehead atoms. The summed E-state index contributed by atoms with van der Waals surface area (Å²) in [5, 5.41) is 11.7. The number of rotatable bonds is 7. The molecule has 1 unspecified atom stereocenters. The Hall–Kier alpha value is -1.07. The van der Waals surface area contributed by atoms with Gasteiger partial charge in [0.1, 0.15) is 6.61 Å². The van der Waals surface area contributed by atoms with E-state index in [9.17, 15) is 9.90 Å². The molecule has 0 radical (unpaired) electrons. The van der Waals surface area contributed by atoms with Gasteiger partial charge in [0.15, 0.2) is 0 Å². The molecule has 5 nitrogen and oxygen atoms in total. The first kappa shape index (κ1) is 12.9. The van der Waals surface area contributed by atoms with Gasteiger partial charge in [0, 0.05) is 13.7 Å². The number of ether oxygens (including phenoxy) is 2. The normalized spacial score (nSPS) is 11.9. The van der Waals surface area contributed by atoms with Crippen molar-refractivity contribution in [3.8, 4) is 0 Å². The van der Waals surface area contributed by atoms with Gasteiger partial charge in [0.05, 0.1) is 12.7 Å². The molecular weight excluding hydrogens is 186 g/mol. The molecule has 0 heterocycles. The van der Waals surface area contributed by atoms with Crippen molar-refractivity contribution in [2.24, 2.45) is 0 Å². The Balaban J connectivity index is 3.34. The molecule has 0 aromatic rings. The Kier molecular flexibility index (Phi) is 7.87. The summed E-state index contributed by atoms with van der Waals surface area (Å²) in [7, 11) is 1.51. The number of carbonyl (C=O) groups is 1. The van der Waals surface area contributed by atoms with Gasteiger partial charge in [-0.25, -0.2) is 4.79 Å². The second-order valence-electron chi connectivity index (χ2n) is 2.71. The zero-order chi connectivity index (χ0) is 10.8. The van der Waals surface area contributed by atoms with Gasteiger partial charge in [0.2, 0.25) is 0 Å². The largest absolute Gasteiger partial charge is 0.445 e. The SMILES string of the molecule is C=CCOC(=O)NCCC(O)COC. The number of carbonyl (C=O) groups excluding carboxylic acids is 1. The molecule has 0 aliphatic heterocycles. The minimum absolute atomic E-state index is 0.187. The van der Waals surface area contributed by atoms with E-state index in [-0.39, 0.29) is 13.2 Å². The third-order valence-electron chi connectivity index (χ3n) is 1.44. The van der Waals surface area contributed by atoms with Crippen LogP contribution in [0.1, 0.15) is 6.42 Å². The summed E-state index contributed by atoms with van der Waals surface area (Å²) in [5.74, 6) is 0. The average Bonchev–Trinajstić information content (AvgIpc) is 2.15. The van der Waals surface area contributed by atoms with Crippen molar-refractivity contribution in [3.63, 3.8) is 0 Å². The van der Waals surface area contributed by atoms with Gasteiger partial charge in [-0.1, -0.05) is 12.7 Å². The summed E-state index contributed by atoms with van der Waals surface area (Å²) in [4.78, 5) is 10.8. The van der Waals surface area contributed by atoms with E-state index < -0.39 is 12.2 Å². The van der Waals surface area contributed by atoms with Gasteiger partial charge in [0.25, 0.3) is 0 Å². The van der Waals surface area contributed by atoms with Crippen LogP contribution in [0.3, 0.4) is 0 Å². The quantitative estimate of drug-likeness (QED) is 0.584. The van der Waals surface area contributed by atoms with Gasteiger partial charge >= 0.3 is 6.09 Å². The van der Waals surface area contributed by atoms with E-state index in [1.165, 1.54) is 13.2 Å². The third-order valence-corrected chi connectivity index (χ3v) is 1.44. The first-order valence-electron chi connectivity index (χ1n) is 4.39. The molecule has 14 heavy (non-hydrogen) atoms. The van der Waals surface area contributed by atoms with Crippen molar-refractivity contribution in [2.45, 2.75) is 12.5 Å². The summed E-state index contributed by atoms with van der Waals surface area (Å²) in [5.41, 5.74) is 0. The van der Waals surface area contributed by atoms with Crippen molar-refractivity contribution in [2.75, 3.05) is 26.9 Å². The van der Waals surface area contributed by atoms with Gasteiger partial charge in [-0.05, 0) is 6.42 Å². The molecular formula is C9H17NO4. The third kappa shape index (κ3) is 7.57. The summed E-state index contributed by atoms with van der Waals surface area (Å²) in [6, 6.07) is 0. The fourth-order valence-electron chi connectivity index (χ4n) is 0.802. The second-order valence-corrected chi connectivity index (χ2v) is 2.71. The van der Waals surface area contributed by atoms with Crippen LogP contribution in [0.4, 0.5) is 4.79 Å². The van der Waals surface area contributed by atoms with E-state index in [4.69, 9.17) is 4.74 Å². The highest BCUT2D eigenvalue weighted by atomic mass is 16.5. The van der Waals surface area contributed by atoms with Crippen LogP contribution in [0.2, 0.25) is 0 Å². The van der Waals surface area contributed by atoms with Crippen molar-refractivity contribution in [1.29, 1.82) is 0 Å². The number of amides is 1. The summed E-state index contributed by atoms with van der Waals surface area (Å²) in [6.07, 6.45) is 0.866. The Morgan fingerprint density at radius 2 is 2.43 bits per heavy atom. The van der Waals surface area contributed by atoms with Crippen LogP contribution in [-0.2, 0) is 9.47 Å². The first-order chi connectivity index (χ1) is 6.70. The number of methoxy groups -OCH3 is 1. The molecule has 0 fully saturated rings. The number of hydrogen-bond donors (Lipinski definition) is 2. The molecule has 1 atom stereocenters. The van der Waals surface area contributed by atoms with Gasteiger partial charge in [-0.15, -0.1) is 0 Å². The summed E-state index contributed by atoms with van der Waals surface area (Å²) >= 11 is 0. The predicted octanol–water partition coefficient (Wildman–Crippen LogP) is 0.296. The van der Waals surface area contributed by atoms with Crippen LogP contribution >= 0.6 is 0 Å². The highest BCUT2D eigenvalue weighted by Crippen LogP contribution is 1.90. The summed E-state index contributed by atoms with van der Waals surface area (Å²) < 4.78 is 9.37. The van der Waals surface area contributed by atoms with E-state index in [0.29, 0.717) is 13.0 Å².